The van der Waals surface area contributed by atoms with Crippen LogP contribution >= 0.6 is 0 Å². The molecule has 1 aromatic rings. The van der Waals surface area contributed by atoms with Crippen LogP contribution in [0.25, 0.3) is 0 Å². The van der Waals surface area contributed by atoms with Gasteiger partial charge < -0.3 is 32.9 Å². The van der Waals surface area contributed by atoms with Gasteiger partial charge >= 0.3 is 5.97 Å². The van der Waals surface area contributed by atoms with Gasteiger partial charge in [0.1, 0.15) is 19.2 Å². The Bertz CT molecular complexity index is 830. The molecule has 0 amide bonds. The molecule has 0 spiro atoms. The molecule has 3 atom stereocenters. The van der Waals surface area contributed by atoms with Gasteiger partial charge in [-0.05, 0) is 37.0 Å². The van der Waals surface area contributed by atoms with Crippen molar-refractivity contribution in [3.63, 3.8) is 0 Å². The highest BCUT2D eigenvalue weighted by Gasteiger charge is 2.39. The van der Waals surface area contributed by atoms with E-state index in [2.05, 4.69) is 33.9 Å². The summed E-state index contributed by atoms with van der Waals surface area (Å²) in [5, 5.41) is -0.0414. The SMILES string of the molecule is COC(=O)C[C@H](/C=C(\C)[C@@H](C[C@@H](C=O)OCOCc1ccccc1)C(OC)OC)O[Si](C)(C)C(C)(C)C. The zero-order chi connectivity index (χ0) is 28.1. The molecule has 0 radical (unpaired) electrons. The lowest BCUT2D eigenvalue weighted by Crippen LogP contribution is -2.44. The summed E-state index contributed by atoms with van der Waals surface area (Å²) in [7, 11) is 2.27. The van der Waals surface area contributed by atoms with Gasteiger partial charge in [-0.3, -0.25) is 4.79 Å². The molecule has 0 heterocycles. The van der Waals surface area contributed by atoms with Crippen molar-refractivity contribution in [1.82, 2.24) is 0 Å². The number of carbonyl (C=O) groups excluding carboxylic acids is 2. The first kappa shape index (κ1) is 33.1. The molecule has 0 aromatic heterocycles. The standard InChI is InChI=1S/C28H46O8Si/c1-21(15-23(17-26(30)31-5)36-37(8,9)28(2,3)4)25(27(32-6)33-7)16-24(18-29)35-20-34-19-22-13-11-10-12-14-22/h10-15,18,23-25,27H,16-17,19-20H2,1-9H3/b21-15+/t23-,24-,25+/m0/s1. The summed E-state index contributed by atoms with van der Waals surface area (Å²) in [5.41, 5.74) is 1.88. The second kappa shape index (κ2) is 16.2. The van der Waals surface area contributed by atoms with Crippen molar-refractivity contribution >= 4 is 20.6 Å². The minimum absolute atomic E-state index is 0.0299. The Kier molecular flexibility index (Phi) is 14.5. The summed E-state index contributed by atoms with van der Waals surface area (Å²) < 4.78 is 33.9. The van der Waals surface area contributed by atoms with Crippen LogP contribution in [-0.2, 0) is 44.3 Å². The number of rotatable bonds is 17. The number of benzene rings is 1. The van der Waals surface area contributed by atoms with Crippen molar-refractivity contribution in [3.8, 4) is 0 Å². The molecule has 0 saturated carbocycles. The average molecular weight is 539 g/mol. The summed E-state index contributed by atoms with van der Waals surface area (Å²) in [5.74, 6) is -0.688. The molecule has 0 fully saturated rings. The summed E-state index contributed by atoms with van der Waals surface area (Å²) in [6.07, 6.45) is 1.20. The minimum Gasteiger partial charge on any atom is -0.469 e. The number of ether oxygens (including phenoxy) is 5. The van der Waals surface area contributed by atoms with Crippen molar-refractivity contribution in [3.05, 3.63) is 47.5 Å². The third-order valence-electron chi connectivity index (χ3n) is 6.79. The fourth-order valence-corrected chi connectivity index (χ4v) is 4.83. The second-order valence-electron chi connectivity index (χ2n) is 10.6. The normalized spacial score (nSPS) is 15.4. The number of carbonyl (C=O) groups is 2. The maximum Gasteiger partial charge on any atom is 0.308 e. The highest BCUT2D eigenvalue weighted by atomic mass is 28.4. The Hall–Kier alpha value is -1.88. The van der Waals surface area contributed by atoms with Crippen LogP contribution in [0.4, 0.5) is 0 Å². The van der Waals surface area contributed by atoms with E-state index in [-0.39, 0.29) is 30.1 Å². The molecule has 0 aliphatic carbocycles. The quantitative estimate of drug-likeness (QED) is 0.0662. The predicted molar refractivity (Wildman–Crippen MR) is 145 cm³/mol. The largest absolute Gasteiger partial charge is 0.469 e. The molecule has 0 aliphatic rings. The summed E-state index contributed by atoms with van der Waals surface area (Å²) in [4.78, 5) is 24.1. The van der Waals surface area contributed by atoms with E-state index in [1.54, 1.807) is 14.2 Å². The Balaban J connectivity index is 3.04. The van der Waals surface area contributed by atoms with Gasteiger partial charge in [0.2, 0.25) is 0 Å². The van der Waals surface area contributed by atoms with Crippen LogP contribution in [0.5, 0.6) is 0 Å². The second-order valence-corrected chi connectivity index (χ2v) is 15.3. The predicted octanol–water partition coefficient (Wildman–Crippen LogP) is 5.27. The highest BCUT2D eigenvalue weighted by Crippen LogP contribution is 2.38. The highest BCUT2D eigenvalue weighted by molar-refractivity contribution is 6.74. The Labute approximate surface area is 223 Å². The van der Waals surface area contributed by atoms with Gasteiger partial charge in [0.15, 0.2) is 14.6 Å². The zero-order valence-corrected chi connectivity index (χ0v) is 24.9. The maximum atomic E-state index is 12.2. The van der Waals surface area contributed by atoms with Gasteiger partial charge in [-0.25, -0.2) is 0 Å². The van der Waals surface area contributed by atoms with Gasteiger partial charge in [-0.15, -0.1) is 0 Å². The summed E-state index contributed by atoms with van der Waals surface area (Å²) in [6, 6.07) is 9.73. The van der Waals surface area contributed by atoms with Crippen molar-refractivity contribution in [2.45, 2.75) is 83.8 Å². The molecular weight excluding hydrogens is 492 g/mol. The summed E-state index contributed by atoms with van der Waals surface area (Å²) >= 11 is 0. The molecule has 210 valence electrons. The molecule has 8 nitrogen and oxygen atoms in total. The van der Waals surface area contributed by atoms with Crippen LogP contribution in [0.2, 0.25) is 18.1 Å². The van der Waals surface area contributed by atoms with Crippen molar-refractivity contribution in [2.24, 2.45) is 5.92 Å². The first-order valence-electron chi connectivity index (χ1n) is 12.6. The van der Waals surface area contributed by atoms with E-state index in [0.29, 0.717) is 13.0 Å². The lowest BCUT2D eigenvalue weighted by molar-refractivity contribution is -0.152. The molecule has 0 aliphatic heterocycles. The smallest absolute Gasteiger partial charge is 0.308 e. The van der Waals surface area contributed by atoms with E-state index >= 15 is 0 Å². The van der Waals surface area contributed by atoms with E-state index in [1.807, 2.05) is 43.3 Å². The Morgan fingerprint density at radius 1 is 1.03 bits per heavy atom. The van der Waals surface area contributed by atoms with E-state index in [1.165, 1.54) is 7.11 Å². The molecule has 0 saturated heterocycles. The van der Waals surface area contributed by atoms with E-state index < -0.39 is 26.8 Å². The van der Waals surface area contributed by atoms with E-state index in [0.717, 1.165) is 17.4 Å². The monoisotopic (exact) mass is 538 g/mol. The third-order valence-corrected chi connectivity index (χ3v) is 11.3. The molecule has 1 aromatic carbocycles. The number of hydrogen-bond acceptors (Lipinski definition) is 8. The lowest BCUT2D eigenvalue weighted by Gasteiger charge is -2.39. The van der Waals surface area contributed by atoms with Gasteiger partial charge in [0.25, 0.3) is 0 Å². The van der Waals surface area contributed by atoms with Crippen LogP contribution < -0.4 is 0 Å². The number of aldehydes is 1. The fourth-order valence-electron chi connectivity index (χ4n) is 3.57. The third kappa shape index (κ3) is 11.6. The molecule has 0 bridgehead atoms. The topological polar surface area (TPSA) is 89.5 Å². The van der Waals surface area contributed by atoms with Gasteiger partial charge in [-0.2, -0.15) is 0 Å². The number of esters is 1. The zero-order valence-electron chi connectivity index (χ0n) is 23.9. The van der Waals surface area contributed by atoms with Crippen LogP contribution in [0, 0.1) is 5.92 Å². The Morgan fingerprint density at radius 2 is 1.65 bits per heavy atom. The molecule has 1 rings (SSSR count). The van der Waals surface area contributed by atoms with Crippen molar-refractivity contribution in [1.29, 1.82) is 0 Å². The first-order chi connectivity index (χ1) is 17.4. The molecule has 37 heavy (non-hydrogen) atoms. The lowest BCUT2D eigenvalue weighted by atomic mass is 9.91. The molecule has 0 N–H and O–H groups in total. The van der Waals surface area contributed by atoms with Crippen LogP contribution in [0.15, 0.2) is 42.0 Å². The summed E-state index contributed by atoms with van der Waals surface area (Å²) in [6.45, 7) is 13.0. The van der Waals surface area contributed by atoms with Crippen LogP contribution in [0.1, 0.15) is 46.1 Å². The van der Waals surface area contributed by atoms with Crippen molar-refractivity contribution < 1.29 is 37.7 Å². The van der Waals surface area contributed by atoms with Gasteiger partial charge in [-0.1, -0.05) is 62.8 Å². The fraction of sp³-hybridized carbons (Fsp3) is 0.643. The first-order valence-corrected chi connectivity index (χ1v) is 15.5. The van der Waals surface area contributed by atoms with Gasteiger partial charge in [0.05, 0.1) is 26.2 Å². The van der Waals surface area contributed by atoms with Gasteiger partial charge in [0, 0.05) is 20.1 Å². The van der Waals surface area contributed by atoms with Crippen LogP contribution in [-0.4, -0.2) is 67.2 Å². The van der Waals surface area contributed by atoms with E-state index in [4.69, 9.17) is 28.1 Å². The molecular formula is C28H46O8Si. The number of hydrogen-bond donors (Lipinski definition) is 0. The molecule has 9 heteroatoms. The molecule has 0 unspecified atom stereocenters. The Morgan fingerprint density at radius 3 is 2.16 bits per heavy atom. The van der Waals surface area contributed by atoms with Crippen molar-refractivity contribution in [2.75, 3.05) is 28.1 Å². The van der Waals surface area contributed by atoms with E-state index in [9.17, 15) is 9.59 Å². The number of methoxy groups -OCH3 is 3. The average Bonchev–Trinajstić information content (AvgIpc) is 2.84. The maximum absolute atomic E-state index is 12.2. The van der Waals surface area contributed by atoms with Crippen LogP contribution in [0.3, 0.4) is 0 Å². The minimum atomic E-state index is -2.19.